The molecule has 0 fully saturated rings. The summed E-state index contributed by atoms with van der Waals surface area (Å²) in [7, 11) is -3.58. The predicted molar refractivity (Wildman–Crippen MR) is 71.7 cm³/mol. The Morgan fingerprint density at radius 3 is 1.46 bits per heavy atom. The van der Waals surface area contributed by atoms with E-state index in [9.17, 15) is 39.7 Å². The first-order chi connectivity index (χ1) is 11.9. The van der Waals surface area contributed by atoms with Gasteiger partial charge in [-0.05, 0) is 0 Å². The van der Waals surface area contributed by atoms with E-state index in [0.717, 1.165) is 0 Å². The fourth-order valence-corrected chi connectivity index (χ4v) is 3.26. The summed E-state index contributed by atoms with van der Waals surface area (Å²) in [5.41, 5.74) is -1.75. The highest BCUT2D eigenvalue weighted by molar-refractivity contribution is 7.33. The van der Waals surface area contributed by atoms with Crippen LogP contribution in [-0.4, -0.2) is 9.97 Å². The predicted octanol–water partition coefficient (Wildman–Crippen LogP) is 5.96. The van der Waals surface area contributed by atoms with Crippen LogP contribution in [0.4, 0.5) is 35.1 Å². The Kier molecular flexibility index (Phi) is 6.28. The monoisotopic (exact) mass is 447 g/mol. The number of alkyl halides is 8. The van der Waals surface area contributed by atoms with E-state index in [1.807, 2.05) is 0 Å². The zero-order valence-corrected chi connectivity index (χ0v) is 14.2. The quantitative estimate of drug-likeness (QED) is 0.404. The molecule has 0 spiro atoms. The second kappa shape index (κ2) is 7.76. The van der Waals surface area contributed by atoms with Crippen LogP contribution in [0.2, 0.25) is 0 Å². The molecule has 0 radical (unpaired) electrons. The number of nitrogens with zero attached hydrogens (tertiary/aromatic N) is 2. The number of hydrogen-bond donors (Lipinski definition) is 0. The molecule has 144 valence electrons. The highest BCUT2D eigenvalue weighted by atomic mass is 32.1. The minimum atomic E-state index is -4.83. The van der Waals surface area contributed by atoms with E-state index in [4.69, 9.17) is 0 Å². The Hall–Kier alpha value is -1.28. The van der Waals surface area contributed by atoms with Crippen LogP contribution in [0.15, 0.2) is 10.8 Å². The van der Waals surface area contributed by atoms with Crippen molar-refractivity contribution in [2.45, 2.75) is 25.1 Å². The zero-order chi connectivity index (χ0) is 19.7. The van der Waals surface area contributed by atoms with E-state index < -0.39 is 54.7 Å². The first-order valence-corrected chi connectivity index (χ1v) is 8.87. The SMILES string of the molecule is O=[P+](OC(F)c1csc(C(F)(F)F)n1)OC(F)c1csc(C(F)(F)F)n1. The van der Waals surface area contributed by atoms with Crippen LogP contribution >= 0.6 is 30.9 Å². The lowest BCUT2D eigenvalue weighted by Crippen LogP contribution is -2.05. The van der Waals surface area contributed by atoms with Crippen molar-refractivity contribution in [3.05, 3.63) is 32.2 Å². The molecule has 2 unspecified atom stereocenters. The van der Waals surface area contributed by atoms with Crippen LogP contribution in [0.1, 0.15) is 34.1 Å². The molecule has 16 heteroatoms. The van der Waals surface area contributed by atoms with E-state index in [-0.39, 0.29) is 22.7 Å². The van der Waals surface area contributed by atoms with Crippen molar-refractivity contribution in [3.63, 3.8) is 0 Å². The smallest absolute Gasteiger partial charge is 0.231 e. The summed E-state index contributed by atoms with van der Waals surface area (Å²) in [6, 6.07) is 0. The Labute approximate surface area is 147 Å². The topological polar surface area (TPSA) is 61.3 Å². The molecule has 5 nitrogen and oxygen atoms in total. The molecule has 0 aromatic carbocycles. The third-order valence-electron chi connectivity index (χ3n) is 2.35. The Morgan fingerprint density at radius 1 is 0.846 bits per heavy atom. The first kappa shape index (κ1) is 21.0. The molecule has 0 aliphatic carbocycles. The lowest BCUT2D eigenvalue weighted by Gasteiger charge is -2.01. The van der Waals surface area contributed by atoms with Gasteiger partial charge in [0.05, 0.1) is 0 Å². The van der Waals surface area contributed by atoms with Crippen molar-refractivity contribution >= 4 is 30.9 Å². The van der Waals surface area contributed by atoms with Crippen LogP contribution in [0.25, 0.3) is 0 Å². The standard InChI is InChI=1S/C10H4F8N2O3PS2/c11-5(3-1-25-7(19-3)9(13,14)15)22-24(21)23-6(12)4-2-26-8(20-4)10(16,17)18/h1-2,5-6H/q+1. The molecule has 0 N–H and O–H groups in total. The fourth-order valence-electron chi connectivity index (χ4n) is 1.33. The molecular weight excluding hydrogens is 443 g/mol. The number of rotatable bonds is 6. The summed E-state index contributed by atoms with van der Waals surface area (Å²) in [5.74, 6) is 0. The average Bonchev–Trinajstić information content (AvgIpc) is 3.15. The van der Waals surface area contributed by atoms with Crippen LogP contribution in [0.3, 0.4) is 0 Å². The third-order valence-corrected chi connectivity index (χ3v) is 4.88. The number of halogens is 8. The van der Waals surface area contributed by atoms with E-state index >= 15 is 0 Å². The molecule has 0 saturated carbocycles. The molecule has 2 heterocycles. The van der Waals surface area contributed by atoms with E-state index in [1.165, 1.54) is 0 Å². The van der Waals surface area contributed by atoms with E-state index in [2.05, 4.69) is 19.0 Å². The van der Waals surface area contributed by atoms with Gasteiger partial charge in [0, 0.05) is 15.3 Å². The van der Waals surface area contributed by atoms with Crippen molar-refractivity contribution < 1.29 is 48.7 Å². The summed E-state index contributed by atoms with van der Waals surface area (Å²) >= 11 is 0.0934. The van der Waals surface area contributed by atoms with Crippen LogP contribution in [0.5, 0.6) is 0 Å². The van der Waals surface area contributed by atoms with Crippen molar-refractivity contribution in [3.8, 4) is 0 Å². The van der Waals surface area contributed by atoms with Crippen LogP contribution < -0.4 is 0 Å². The second-order valence-corrected chi connectivity index (χ2v) is 6.80. The van der Waals surface area contributed by atoms with Gasteiger partial charge >= 0.3 is 20.6 Å². The maximum absolute atomic E-state index is 13.6. The van der Waals surface area contributed by atoms with Gasteiger partial charge in [-0.1, -0.05) is 9.05 Å². The van der Waals surface area contributed by atoms with Gasteiger partial charge in [0.25, 0.3) is 12.7 Å². The normalized spacial score (nSPS) is 15.8. The zero-order valence-electron chi connectivity index (χ0n) is 11.7. The summed E-state index contributed by atoms with van der Waals surface area (Å²) in [6.45, 7) is 0. The van der Waals surface area contributed by atoms with Gasteiger partial charge in [-0.2, -0.15) is 26.3 Å². The summed E-state index contributed by atoms with van der Waals surface area (Å²) in [4.78, 5) is 5.76. The molecule has 2 atom stereocenters. The van der Waals surface area contributed by atoms with Crippen molar-refractivity contribution in [2.75, 3.05) is 0 Å². The largest absolute Gasteiger partial charge is 0.704 e. The molecule has 0 aliphatic rings. The van der Waals surface area contributed by atoms with Gasteiger partial charge < -0.3 is 0 Å². The molecule has 0 amide bonds. The van der Waals surface area contributed by atoms with Crippen LogP contribution in [-0.2, 0) is 26.0 Å². The molecule has 0 saturated heterocycles. The van der Waals surface area contributed by atoms with Gasteiger partial charge in [-0.15, -0.1) is 22.7 Å². The highest BCUT2D eigenvalue weighted by Gasteiger charge is 2.40. The number of thiazole rings is 2. The van der Waals surface area contributed by atoms with Crippen molar-refractivity contribution in [1.29, 1.82) is 0 Å². The number of aromatic nitrogens is 2. The maximum atomic E-state index is 13.6. The van der Waals surface area contributed by atoms with Gasteiger partial charge in [-0.3, -0.25) is 0 Å². The van der Waals surface area contributed by atoms with E-state index in [0.29, 0.717) is 10.8 Å². The van der Waals surface area contributed by atoms with Crippen molar-refractivity contribution in [1.82, 2.24) is 9.97 Å². The first-order valence-electron chi connectivity index (χ1n) is 6.02. The maximum Gasteiger partial charge on any atom is 0.704 e. The minimum Gasteiger partial charge on any atom is -0.231 e. The summed E-state index contributed by atoms with van der Waals surface area (Å²) < 4.78 is 121. The van der Waals surface area contributed by atoms with Gasteiger partial charge in [0.15, 0.2) is 10.0 Å². The molecule has 26 heavy (non-hydrogen) atoms. The van der Waals surface area contributed by atoms with Gasteiger partial charge in [0.2, 0.25) is 0 Å². The Balaban J connectivity index is 1.95. The Morgan fingerprint density at radius 2 is 1.19 bits per heavy atom. The minimum absolute atomic E-state index is 0.0467. The molecule has 2 aromatic heterocycles. The van der Waals surface area contributed by atoms with Gasteiger partial charge in [-0.25, -0.2) is 18.7 Å². The fraction of sp³-hybridized carbons (Fsp3) is 0.400. The Bertz CT molecular complexity index is 715. The molecule has 2 aromatic rings. The summed E-state index contributed by atoms with van der Waals surface area (Å²) in [6.07, 6.45) is -15.1. The van der Waals surface area contributed by atoms with Crippen LogP contribution in [0, 0.1) is 0 Å². The number of hydrogen-bond acceptors (Lipinski definition) is 7. The molecule has 0 bridgehead atoms. The lowest BCUT2D eigenvalue weighted by molar-refractivity contribution is -0.138. The van der Waals surface area contributed by atoms with E-state index in [1.54, 1.807) is 0 Å². The van der Waals surface area contributed by atoms with Crippen molar-refractivity contribution in [2.24, 2.45) is 0 Å². The van der Waals surface area contributed by atoms with Gasteiger partial charge in [0.1, 0.15) is 11.4 Å². The second-order valence-electron chi connectivity index (χ2n) is 4.22. The summed E-state index contributed by atoms with van der Waals surface area (Å²) in [5, 5.41) is -1.50. The third kappa shape index (κ3) is 5.36. The average molecular weight is 447 g/mol. The lowest BCUT2D eigenvalue weighted by atomic mass is 10.5. The highest BCUT2D eigenvalue weighted by Crippen LogP contribution is 2.41. The molecule has 0 aliphatic heterocycles. The molecular formula is C10H4F8N2O3PS2+. The molecule has 2 rings (SSSR count).